The van der Waals surface area contributed by atoms with E-state index in [0.29, 0.717) is 28.1 Å². The zero-order valence-electron chi connectivity index (χ0n) is 14.1. The Labute approximate surface area is 159 Å². The van der Waals surface area contributed by atoms with Gasteiger partial charge >= 0.3 is 0 Å². The predicted octanol–water partition coefficient (Wildman–Crippen LogP) is 3.97. The third kappa shape index (κ3) is 3.04. The predicted molar refractivity (Wildman–Crippen MR) is 103 cm³/mol. The fraction of sp³-hybridized carbons (Fsp3) is 0.167. The maximum absolute atomic E-state index is 6.11. The summed E-state index contributed by atoms with van der Waals surface area (Å²) in [6, 6.07) is 13.3. The molecule has 0 saturated carbocycles. The van der Waals surface area contributed by atoms with E-state index in [-0.39, 0.29) is 0 Å². The standard InChI is InChI=1S/C18H15ClN4O2S/c1-24-15-7-6-11(9-16(15)25-2)14-10-26-18-21-20-17(23(18)22-14)12-4-3-5-13(19)8-12/h3-9H,10H2,1-2H3. The summed E-state index contributed by atoms with van der Waals surface area (Å²) in [6.07, 6.45) is 0. The Morgan fingerprint density at radius 1 is 1.00 bits per heavy atom. The molecule has 4 rings (SSSR count). The molecule has 0 bridgehead atoms. The Morgan fingerprint density at radius 2 is 1.85 bits per heavy atom. The average Bonchev–Trinajstić information content (AvgIpc) is 3.10. The second-order valence-corrected chi connectivity index (χ2v) is 6.91. The van der Waals surface area contributed by atoms with Gasteiger partial charge in [0.05, 0.1) is 19.9 Å². The molecule has 0 amide bonds. The largest absolute Gasteiger partial charge is 0.493 e. The molecule has 0 radical (unpaired) electrons. The fourth-order valence-corrected chi connectivity index (χ4v) is 3.72. The lowest BCUT2D eigenvalue weighted by atomic mass is 10.1. The van der Waals surface area contributed by atoms with E-state index in [9.17, 15) is 0 Å². The summed E-state index contributed by atoms with van der Waals surface area (Å²) < 4.78 is 12.5. The second-order valence-electron chi connectivity index (χ2n) is 5.53. The number of aromatic nitrogens is 3. The van der Waals surface area contributed by atoms with Crippen LogP contribution in [0.2, 0.25) is 5.02 Å². The lowest BCUT2D eigenvalue weighted by Crippen LogP contribution is -2.14. The molecule has 2 aromatic carbocycles. The number of ether oxygens (including phenoxy) is 2. The van der Waals surface area contributed by atoms with Gasteiger partial charge in [-0.15, -0.1) is 10.2 Å². The van der Waals surface area contributed by atoms with Gasteiger partial charge in [0.2, 0.25) is 5.16 Å². The van der Waals surface area contributed by atoms with Gasteiger partial charge in [-0.2, -0.15) is 9.78 Å². The molecule has 1 aromatic heterocycles. The number of halogens is 1. The molecule has 3 aromatic rings. The summed E-state index contributed by atoms with van der Waals surface area (Å²) in [5.74, 6) is 2.71. The molecule has 0 spiro atoms. The van der Waals surface area contributed by atoms with Crippen LogP contribution in [0, 0.1) is 0 Å². The van der Waals surface area contributed by atoms with E-state index in [0.717, 1.165) is 22.0 Å². The van der Waals surface area contributed by atoms with Crippen molar-refractivity contribution in [3.05, 3.63) is 53.1 Å². The number of rotatable bonds is 4. The summed E-state index contributed by atoms with van der Waals surface area (Å²) in [5.41, 5.74) is 2.74. The van der Waals surface area contributed by atoms with Crippen LogP contribution in [0.4, 0.5) is 0 Å². The van der Waals surface area contributed by atoms with Crippen molar-refractivity contribution in [2.75, 3.05) is 20.0 Å². The van der Waals surface area contributed by atoms with Crippen LogP contribution in [0.5, 0.6) is 11.5 Å². The Balaban J connectivity index is 1.77. The molecule has 0 fully saturated rings. The Morgan fingerprint density at radius 3 is 2.62 bits per heavy atom. The lowest BCUT2D eigenvalue weighted by Gasteiger charge is -2.15. The summed E-state index contributed by atoms with van der Waals surface area (Å²) >= 11 is 7.70. The SMILES string of the molecule is COc1ccc(C2=Nn3c(nnc3-c3cccc(Cl)c3)SC2)cc1OC. The third-order valence-electron chi connectivity index (χ3n) is 3.97. The molecule has 26 heavy (non-hydrogen) atoms. The quantitative estimate of drug-likeness (QED) is 0.678. The number of hydrogen-bond acceptors (Lipinski definition) is 6. The number of benzene rings is 2. The first-order valence-corrected chi connectivity index (χ1v) is 9.20. The van der Waals surface area contributed by atoms with E-state index >= 15 is 0 Å². The van der Waals surface area contributed by atoms with Crippen LogP contribution in [0.1, 0.15) is 5.56 Å². The summed E-state index contributed by atoms with van der Waals surface area (Å²) in [6.45, 7) is 0. The molecule has 2 heterocycles. The van der Waals surface area contributed by atoms with Crippen LogP contribution in [0.25, 0.3) is 11.4 Å². The fourth-order valence-electron chi connectivity index (χ4n) is 2.69. The van der Waals surface area contributed by atoms with Gasteiger partial charge in [0.1, 0.15) is 0 Å². The van der Waals surface area contributed by atoms with Crippen LogP contribution in [-0.4, -0.2) is 40.6 Å². The summed E-state index contributed by atoms with van der Waals surface area (Å²) in [5, 5.41) is 14.7. The topological polar surface area (TPSA) is 61.5 Å². The first-order chi connectivity index (χ1) is 12.7. The smallest absolute Gasteiger partial charge is 0.212 e. The van der Waals surface area contributed by atoms with Gasteiger partial charge in [0.25, 0.3) is 0 Å². The van der Waals surface area contributed by atoms with Gasteiger partial charge in [-0.25, -0.2) is 0 Å². The molecule has 6 nitrogen and oxygen atoms in total. The summed E-state index contributed by atoms with van der Waals surface area (Å²) in [7, 11) is 3.24. The van der Waals surface area contributed by atoms with E-state index in [1.165, 1.54) is 0 Å². The minimum absolute atomic E-state index is 0.646. The van der Waals surface area contributed by atoms with Crippen molar-refractivity contribution in [3.8, 4) is 22.9 Å². The van der Waals surface area contributed by atoms with E-state index in [1.54, 1.807) is 30.7 Å². The number of hydrogen-bond donors (Lipinski definition) is 0. The van der Waals surface area contributed by atoms with Crippen molar-refractivity contribution >= 4 is 29.1 Å². The van der Waals surface area contributed by atoms with Gasteiger partial charge in [-0.1, -0.05) is 35.5 Å². The molecule has 8 heteroatoms. The molecule has 0 N–H and O–H groups in total. The molecule has 1 aliphatic rings. The highest BCUT2D eigenvalue weighted by Gasteiger charge is 2.21. The van der Waals surface area contributed by atoms with Crippen LogP contribution in [-0.2, 0) is 0 Å². The van der Waals surface area contributed by atoms with Crippen LogP contribution >= 0.6 is 23.4 Å². The van der Waals surface area contributed by atoms with Crippen LogP contribution < -0.4 is 9.47 Å². The molecule has 0 saturated heterocycles. The van der Waals surface area contributed by atoms with E-state index < -0.39 is 0 Å². The number of thioether (sulfide) groups is 1. The van der Waals surface area contributed by atoms with Gasteiger partial charge < -0.3 is 9.47 Å². The third-order valence-corrected chi connectivity index (χ3v) is 5.14. The average molecular weight is 387 g/mol. The molecule has 0 aliphatic carbocycles. The minimum atomic E-state index is 0.646. The molecule has 0 atom stereocenters. The second kappa shape index (κ2) is 7.01. The van der Waals surface area contributed by atoms with Gasteiger partial charge in [0.15, 0.2) is 17.3 Å². The zero-order chi connectivity index (χ0) is 18.1. The number of methoxy groups -OCH3 is 2. The van der Waals surface area contributed by atoms with Crippen molar-refractivity contribution in [2.45, 2.75) is 5.16 Å². The molecular formula is C18H15ClN4O2S. The van der Waals surface area contributed by atoms with Gasteiger partial charge in [-0.3, -0.25) is 0 Å². The Hall–Kier alpha value is -2.51. The molecule has 0 unspecified atom stereocenters. The first kappa shape index (κ1) is 16.9. The highest BCUT2D eigenvalue weighted by atomic mass is 35.5. The number of fused-ring (bicyclic) bond motifs is 1. The molecule has 132 valence electrons. The van der Waals surface area contributed by atoms with Crippen molar-refractivity contribution < 1.29 is 9.47 Å². The van der Waals surface area contributed by atoms with Crippen molar-refractivity contribution in [2.24, 2.45) is 5.10 Å². The highest BCUT2D eigenvalue weighted by Crippen LogP contribution is 2.32. The monoisotopic (exact) mass is 386 g/mol. The van der Waals surface area contributed by atoms with Gasteiger partial charge in [-0.05, 0) is 30.3 Å². The van der Waals surface area contributed by atoms with Crippen LogP contribution in [0.3, 0.4) is 0 Å². The van der Waals surface area contributed by atoms with Crippen molar-refractivity contribution in [1.82, 2.24) is 14.9 Å². The zero-order valence-corrected chi connectivity index (χ0v) is 15.7. The minimum Gasteiger partial charge on any atom is -0.493 e. The highest BCUT2D eigenvalue weighted by molar-refractivity contribution is 7.99. The first-order valence-electron chi connectivity index (χ1n) is 7.84. The van der Waals surface area contributed by atoms with Crippen molar-refractivity contribution in [1.29, 1.82) is 0 Å². The normalized spacial score (nSPS) is 13.1. The number of nitrogens with zero attached hydrogens (tertiary/aromatic N) is 4. The maximum Gasteiger partial charge on any atom is 0.212 e. The van der Waals surface area contributed by atoms with E-state index in [2.05, 4.69) is 10.2 Å². The van der Waals surface area contributed by atoms with Gasteiger partial charge in [0, 0.05) is 21.9 Å². The molecule has 1 aliphatic heterocycles. The van der Waals surface area contributed by atoms with Crippen LogP contribution in [0.15, 0.2) is 52.7 Å². The Bertz CT molecular complexity index is 1000. The van der Waals surface area contributed by atoms with Crippen molar-refractivity contribution in [3.63, 3.8) is 0 Å². The molecular weight excluding hydrogens is 372 g/mol. The lowest BCUT2D eigenvalue weighted by molar-refractivity contribution is 0.355. The summed E-state index contributed by atoms with van der Waals surface area (Å²) in [4.78, 5) is 0. The maximum atomic E-state index is 6.11. The van der Waals surface area contributed by atoms with E-state index in [4.69, 9.17) is 26.2 Å². The Kier molecular flexibility index (Phi) is 4.57. The van der Waals surface area contributed by atoms with E-state index in [1.807, 2.05) is 42.5 Å².